The summed E-state index contributed by atoms with van der Waals surface area (Å²) in [6.45, 7) is 0. The average molecular weight is 340 g/mol. The van der Waals surface area contributed by atoms with Gasteiger partial charge in [-0.1, -0.05) is 54.6 Å². The Morgan fingerprint density at radius 2 is 1.62 bits per heavy atom. The van der Waals surface area contributed by atoms with Crippen LogP contribution in [-0.4, -0.2) is 10.9 Å². The number of benzene rings is 3. The summed E-state index contributed by atoms with van der Waals surface area (Å²) in [5.41, 5.74) is 10.2. The molecule has 0 bridgehead atoms. The number of aromatic nitrogens is 1. The highest BCUT2D eigenvalue weighted by atomic mass is 16.3. The first-order chi connectivity index (χ1) is 12.7. The third-order valence-electron chi connectivity index (χ3n) is 4.13. The molecule has 2 N–H and O–H groups in total. The molecule has 0 aliphatic carbocycles. The molecule has 1 aromatic heterocycles. The van der Waals surface area contributed by atoms with Crippen LogP contribution < -0.4 is 5.73 Å². The zero-order chi connectivity index (χ0) is 17.9. The second-order valence-corrected chi connectivity index (χ2v) is 5.89. The van der Waals surface area contributed by atoms with Gasteiger partial charge in [0.15, 0.2) is 5.58 Å². The van der Waals surface area contributed by atoms with E-state index in [0.717, 1.165) is 27.8 Å². The zero-order valence-corrected chi connectivity index (χ0v) is 13.9. The summed E-state index contributed by atoms with van der Waals surface area (Å²) in [6.07, 6.45) is 3.83. The quantitative estimate of drug-likeness (QED) is 0.544. The van der Waals surface area contributed by atoms with E-state index in [-0.39, 0.29) is 0 Å². The third kappa shape index (κ3) is 3.13. The lowest BCUT2D eigenvalue weighted by Gasteiger charge is -2.01. The minimum absolute atomic E-state index is 0.434. The summed E-state index contributed by atoms with van der Waals surface area (Å²) in [5, 5.41) is 0. The van der Waals surface area contributed by atoms with Gasteiger partial charge in [0.2, 0.25) is 11.8 Å². The van der Waals surface area contributed by atoms with E-state index >= 15 is 0 Å². The van der Waals surface area contributed by atoms with E-state index in [2.05, 4.69) is 4.98 Å². The Kier molecular flexibility index (Phi) is 4.07. The van der Waals surface area contributed by atoms with Crippen molar-refractivity contribution < 1.29 is 9.21 Å². The van der Waals surface area contributed by atoms with Crippen molar-refractivity contribution in [1.29, 1.82) is 0 Å². The Bertz CT molecular complexity index is 1080. The molecule has 1 heterocycles. The van der Waals surface area contributed by atoms with Crippen LogP contribution in [0.2, 0.25) is 0 Å². The molecule has 1 amide bonds. The van der Waals surface area contributed by atoms with Gasteiger partial charge in [-0.15, -0.1) is 0 Å². The second kappa shape index (κ2) is 6.69. The van der Waals surface area contributed by atoms with E-state index in [1.54, 1.807) is 12.1 Å². The van der Waals surface area contributed by atoms with Crippen molar-refractivity contribution in [2.75, 3.05) is 0 Å². The number of nitrogens with two attached hydrogens (primary N) is 1. The predicted octanol–water partition coefficient (Wildman–Crippen LogP) is 4.76. The van der Waals surface area contributed by atoms with E-state index in [1.807, 2.05) is 72.8 Å². The number of hydrogen-bond donors (Lipinski definition) is 1. The Hall–Kier alpha value is -3.66. The largest absolute Gasteiger partial charge is 0.436 e. The van der Waals surface area contributed by atoms with Crippen LogP contribution in [0.5, 0.6) is 0 Å². The number of nitrogens with zero attached hydrogens (tertiary/aromatic N) is 1. The molecule has 0 saturated heterocycles. The van der Waals surface area contributed by atoms with Gasteiger partial charge in [0.05, 0.1) is 0 Å². The van der Waals surface area contributed by atoms with Gasteiger partial charge in [0.25, 0.3) is 0 Å². The summed E-state index contributed by atoms with van der Waals surface area (Å²) < 4.78 is 5.78. The van der Waals surface area contributed by atoms with E-state index in [0.29, 0.717) is 11.5 Å². The maximum Gasteiger partial charge on any atom is 0.249 e. The molecule has 3 aromatic carbocycles. The Morgan fingerprint density at radius 3 is 2.38 bits per heavy atom. The van der Waals surface area contributed by atoms with Crippen LogP contribution in [0.15, 0.2) is 77.2 Å². The molecular weight excluding hydrogens is 324 g/mol. The molecule has 4 heteroatoms. The molecule has 126 valence electrons. The molecular formula is C22H16N2O2. The number of amides is 1. The first-order valence-corrected chi connectivity index (χ1v) is 8.24. The maximum absolute atomic E-state index is 11.5. The fourth-order valence-electron chi connectivity index (χ4n) is 2.79. The molecule has 26 heavy (non-hydrogen) atoms. The Balaban J connectivity index is 1.59. The van der Waals surface area contributed by atoms with E-state index < -0.39 is 5.91 Å². The molecule has 0 radical (unpaired) electrons. The average Bonchev–Trinajstić information content (AvgIpc) is 3.11. The second-order valence-electron chi connectivity index (χ2n) is 5.89. The number of carbonyl (C=O) groups excluding carboxylic acids is 1. The smallest absolute Gasteiger partial charge is 0.249 e. The lowest BCUT2D eigenvalue weighted by molar-refractivity contribution is 0.1000. The van der Waals surface area contributed by atoms with E-state index in [1.165, 1.54) is 0 Å². The number of rotatable bonds is 4. The maximum atomic E-state index is 11.5. The number of fused-ring (bicyclic) bond motifs is 1. The highest BCUT2D eigenvalue weighted by Crippen LogP contribution is 2.24. The van der Waals surface area contributed by atoms with Gasteiger partial charge in [-0.2, -0.15) is 0 Å². The minimum atomic E-state index is -0.434. The summed E-state index contributed by atoms with van der Waals surface area (Å²) in [6, 6.07) is 22.8. The lowest BCUT2D eigenvalue weighted by Crippen LogP contribution is -2.12. The van der Waals surface area contributed by atoms with Crippen LogP contribution >= 0.6 is 0 Å². The third-order valence-corrected chi connectivity index (χ3v) is 4.13. The monoisotopic (exact) mass is 340 g/mol. The highest BCUT2D eigenvalue weighted by Gasteiger charge is 2.07. The van der Waals surface area contributed by atoms with Crippen LogP contribution in [0.4, 0.5) is 0 Å². The molecule has 0 atom stereocenters. The number of primary amides is 1. The number of para-hydroxylation sites is 2. The first kappa shape index (κ1) is 15.8. The topological polar surface area (TPSA) is 69.1 Å². The van der Waals surface area contributed by atoms with Crippen LogP contribution in [0.1, 0.15) is 21.5 Å². The lowest BCUT2D eigenvalue weighted by atomic mass is 10.0. The van der Waals surface area contributed by atoms with Gasteiger partial charge in [-0.3, -0.25) is 4.79 Å². The van der Waals surface area contributed by atoms with Crippen molar-refractivity contribution in [2.24, 2.45) is 5.73 Å². The van der Waals surface area contributed by atoms with E-state index in [4.69, 9.17) is 10.2 Å². The number of hydrogen-bond acceptors (Lipinski definition) is 3. The normalized spacial score (nSPS) is 11.2. The van der Waals surface area contributed by atoms with Crippen LogP contribution in [0.3, 0.4) is 0 Å². The molecule has 4 rings (SSSR count). The van der Waals surface area contributed by atoms with Gasteiger partial charge in [0, 0.05) is 11.1 Å². The van der Waals surface area contributed by atoms with Gasteiger partial charge < -0.3 is 10.2 Å². The van der Waals surface area contributed by atoms with Gasteiger partial charge in [-0.05, 0) is 41.5 Å². The van der Waals surface area contributed by atoms with Crippen molar-refractivity contribution >= 4 is 29.2 Å². The van der Waals surface area contributed by atoms with Crippen LogP contribution in [0, 0.1) is 0 Å². The molecule has 4 nitrogen and oxygen atoms in total. The SMILES string of the molecule is NC(=O)c1ccccc1C=Cc1ccc(-c2nc3ccccc3o2)cc1. The summed E-state index contributed by atoms with van der Waals surface area (Å²) >= 11 is 0. The van der Waals surface area contributed by atoms with Gasteiger partial charge >= 0.3 is 0 Å². The standard InChI is InChI=1S/C22H16N2O2/c23-21(25)18-6-2-1-5-16(18)12-9-15-10-13-17(14-11-15)22-24-19-7-3-4-8-20(19)26-22/h1-14H,(H2,23,25). The molecule has 0 saturated carbocycles. The summed E-state index contributed by atoms with van der Waals surface area (Å²) in [4.78, 5) is 16.0. The Morgan fingerprint density at radius 1 is 0.885 bits per heavy atom. The fraction of sp³-hybridized carbons (Fsp3) is 0. The van der Waals surface area contributed by atoms with Gasteiger partial charge in [-0.25, -0.2) is 4.98 Å². The first-order valence-electron chi connectivity index (χ1n) is 8.24. The van der Waals surface area contributed by atoms with E-state index in [9.17, 15) is 4.79 Å². The van der Waals surface area contributed by atoms with Crippen molar-refractivity contribution in [3.05, 3.63) is 89.5 Å². The predicted molar refractivity (Wildman–Crippen MR) is 103 cm³/mol. The van der Waals surface area contributed by atoms with Gasteiger partial charge in [0.1, 0.15) is 5.52 Å². The zero-order valence-electron chi connectivity index (χ0n) is 13.9. The Labute approximate surface area is 150 Å². The fourth-order valence-corrected chi connectivity index (χ4v) is 2.79. The summed E-state index contributed by atoms with van der Waals surface area (Å²) in [5.74, 6) is 0.164. The highest BCUT2D eigenvalue weighted by molar-refractivity contribution is 5.97. The number of carbonyl (C=O) groups is 1. The van der Waals surface area contributed by atoms with Crippen molar-refractivity contribution in [3.63, 3.8) is 0 Å². The minimum Gasteiger partial charge on any atom is -0.436 e. The summed E-state index contributed by atoms with van der Waals surface area (Å²) in [7, 11) is 0. The number of oxazole rings is 1. The van der Waals surface area contributed by atoms with Crippen molar-refractivity contribution in [3.8, 4) is 11.5 Å². The molecule has 0 aliphatic rings. The van der Waals surface area contributed by atoms with Crippen LogP contribution in [-0.2, 0) is 0 Å². The molecule has 0 unspecified atom stereocenters. The van der Waals surface area contributed by atoms with Crippen molar-refractivity contribution in [2.45, 2.75) is 0 Å². The van der Waals surface area contributed by atoms with Crippen molar-refractivity contribution in [1.82, 2.24) is 4.98 Å². The molecule has 0 aliphatic heterocycles. The molecule has 4 aromatic rings. The molecule has 0 fully saturated rings. The van der Waals surface area contributed by atoms with Crippen LogP contribution in [0.25, 0.3) is 34.7 Å². The molecule has 0 spiro atoms.